The van der Waals surface area contributed by atoms with Crippen molar-refractivity contribution in [1.29, 1.82) is 5.26 Å². The van der Waals surface area contributed by atoms with Crippen LogP contribution in [-0.2, 0) is 15.8 Å². The number of ketones is 1. The maximum atomic E-state index is 14.7. The number of rotatable bonds is 5. The largest absolute Gasteiger partial charge is 0.418 e. The summed E-state index contributed by atoms with van der Waals surface area (Å²) in [6.45, 7) is 0. The maximum Gasteiger partial charge on any atom is 0.418 e. The van der Waals surface area contributed by atoms with E-state index < -0.39 is 29.4 Å². The first-order chi connectivity index (χ1) is 16.7. The predicted octanol–water partition coefficient (Wildman–Crippen LogP) is 5.65. The average molecular weight is 502 g/mol. The van der Waals surface area contributed by atoms with E-state index in [0.29, 0.717) is 24.1 Å². The predicted molar refractivity (Wildman–Crippen MR) is 123 cm³/mol. The molecule has 0 bridgehead atoms. The van der Waals surface area contributed by atoms with Gasteiger partial charge >= 0.3 is 6.18 Å². The molecule has 1 heterocycles. The van der Waals surface area contributed by atoms with Gasteiger partial charge in [-0.05, 0) is 31.0 Å². The van der Waals surface area contributed by atoms with Crippen molar-refractivity contribution in [2.24, 2.45) is 0 Å². The van der Waals surface area contributed by atoms with Crippen molar-refractivity contribution in [3.8, 4) is 6.07 Å². The second-order valence-electron chi connectivity index (χ2n) is 7.98. The van der Waals surface area contributed by atoms with Gasteiger partial charge < -0.3 is 10.6 Å². The van der Waals surface area contributed by atoms with Gasteiger partial charge in [0.2, 0.25) is 5.91 Å². The zero-order valence-electron chi connectivity index (χ0n) is 18.2. The highest BCUT2D eigenvalue weighted by Gasteiger charge is 2.38. The van der Waals surface area contributed by atoms with E-state index in [1.54, 1.807) is 6.07 Å². The van der Waals surface area contributed by atoms with E-state index in [2.05, 4.69) is 10.6 Å². The van der Waals surface area contributed by atoms with E-state index in [-0.39, 0.29) is 39.8 Å². The molecular weight excluding hydrogens is 482 g/mol. The van der Waals surface area contributed by atoms with Gasteiger partial charge in [-0.15, -0.1) is 0 Å². The van der Waals surface area contributed by atoms with Gasteiger partial charge in [-0.25, -0.2) is 4.39 Å². The van der Waals surface area contributed by atoms with Gasteiger partial charge in [0.15, 0.2) is 5.78 Å². The number of nitrogens with zero attached hydrogens (tertiary/aromatic N) is 1. The molecule has 1 aliphatic heterocycles. The van der Waals surface area contributed by atoms with Gasteiger partial charge in [0.25, 0.3) is 0 Å². The Morgan fingerprint density at radius 1 is 1.14 bits per heavy atom. The lowest BCUT2D eigenvalue weighted by Gasteiger charge is -2.33. The standard InChI is InChI=1S/C25H19F4N3O2S/c26-17-8-3-1-6-14(17)22-15(12-30)24(32-19-10-5-11-20(33)23(19)22)35-13-21(34)31-18-9-4-2-7-16(18)25(27,28)29/h1-4,6-9,22,32H,5,10-11,13H2,(H,31,34)/t22-/m1/s1. The Labute approximate surface area is 202 Å². The number of Topliss-reactive ketones (excluding diaryl/α,β-unsaturated/α-hetero) is 1. The molecule has 1 atom stereocenters. The number of halogens is 4. The molecule has 2 aromatic rings. The number of amides is 1. The fourth-order valence-electron chi connectivity index (χ4n) is 4.22. The molecule has 2 aromatic carbocycles. The summed E-state index contributed by atoms with van der Waals surface area (Å²) < 4.78 is 54.4. The maximum absolute atomic E-state index is 14.7. The minimum atomic E-state index is -4.64. The lowest BCUT2D eigenvalue weighted by molar-refractivity contribution is -0.137. The SMILES string of the molecule is N#CC1=C(SCC(=O)Nc2ccccc2C(F)(F)F)NC2=C(C(=O)CCC2)[C@@H]1c1ccccc1F. The van der Waals surface area contributed by atoms with Crippen molar-refractivity contribution < 1.29 is 27.2 Å². The third kappa shape index (κ3) is 5.10. The highest BCUT2D eigenvalue weighted by atomic mass is 32.2. The lowest BCUT2D eigenvalue weighted by Crippen LogP contribution is -2.32. The van der Waals surface area contributed by atoms with E-state index >= 15 is 0 Å². The average Bonchev–Trinajstić information content (AvgIpc) is 2.82. The minimum absolute atomic E-state index is 0.0811. The van der Waals surface area contributed by atoms with E-state index in [9.17, 15) is 32.4 Å². The molecule has 0 aromatic heterocycles. The Bertz CT molecular complexity index is 1290. The van der Waals surface area contributed by atoms with Gasteiger partial charge in [0.05, 0.1) is 39.6 Å². The highest BCUT2D eigenvalue weighted by molar-refractivity contribution is 8.03. The van der Waals surface area contributed by atoms with Crippen LogP contribution in [0.3, 0.4) is 0 Å². The smallest absolute Gasteiger partial charge is 0.352 e. The summed E-state index contributed by atoms with van der Waals surface area (Å²) >= 11 is 0.917. The Balaban J connectivity index is 1.62. The zero-order chi connectivity index (χ0) is 25.2. The monoisotopic (exact) mass is 501 g/mol. The topological polar surface area (TPSA) is 82.0 Å². The fourth-order valence-corrected chi connectivity index (χ4v) is 5.08. The fraction of sp³-hybridized carbons (Fsp3) is 0.240. The number of anilines is 1. The van der Waals surface area contributed by atoms with E-state index in [1.165, 1.54) is 30.3 Å². The first-order valence-corrected chi connectivity index (χ1v) is 11.7. The molecule has 0 radical (unpaired) electrons. The summed E-state index contributed by atoms with van der Waals surface area (Å²) in [6, 6.07) is 12.6. The second-order valence-corrected chi connectivity index (χ2v) is 8.97. The van der Waals surface area contributed by atoms with Crippen LogP contribution in [0.25, 0.3) is 0 Å². The van der Waals surface area contributed by atoms with Gasteiger partial charge in [-0.2, -0.15) is 18.4 Å². The van der Waals surface area contributed by atoms with Gasteiger partial charge in [-0.1, -0.05) is 42.1 Å². The van der Waals surface area contributed by atoms with Crippen LogP contribution in [0, 0.1) is 17.1 Å². The molecular formula is C25H19F4N3O2S. The van der Waals surface area contributed by atoms with Crippen LogP contribution in [0.1, 0.15) is 36.3 Å². The molecule has 10 heteroatoms. The van der Waals surface area contributed by atoms with Crippen molar-refractivity contribution in [2.45, 2.75) is 31.4 Å². The van der Waals surface area contributed by atoms with Crippen LogP contribution in [0.5, 0.6) is 0 Å². The third-order valence-electron chi connectivity index (χ3n) is 5.73. The molecule has 1 aliphatic carbocycles. The minimum Gasteiger partial charge on any atom is -0.352 e. The molecule has 1 amide bonds. The van der Waals surface area contributed by atoms with E-state index in [1.807, 2.05) is 6.07 Å². The first-order valence-electron chi connectivity index (χ1n) is 10.7. The van der Waals surface area contributed by atoms with Crippen molar-refractivity contribution >= 4 is 29.1 Å². The van der Waals surface area contributed by atoms with E-state index in [0.717, 1.165) is 23.9 Å². The number of hydrogen-bond acceptors (Lipinski definition) is 5. The number of allylic oxidation sites excluding steroid dienone is 3. The molecule has 0 saturated heterocycles. The molecule has 4 rings (SSSR count). The summed E-state index contributed by atoms with van der Waals surface area (Å²) in [5.74, 6) is -2.68. The van der Waals surface area contributed by atoms with Crippen LogP contribution in [0.4, 0.5) is 23.2 Å². The Hall–Kier alpha value is -3.58. The lowest BCUT2D eigenvalue weighted by atomic mass is 9.76. The molecule has 0 fully saturated rings. The number of nitriles is 1. The van der Waals surface area contributed by atoms with E-state index in [4.69, 9.17) is 0 Å². The number of benzene rings is 2. The van der Waals surface area contributed by atoms with Crippen LogP contribution in [-0.4, -0.2) is 17.4 Å². The number of carbonyl (C=O) groups is 2. The summed E-state index contributed by atoms with van der Waals surface area (Å²) in [5.41, 5.74) is -0.179. The number of alkyl halides is 3. The summed E-state index contributed by atoms with van der Waals surface area (Å²) in [7, 11) is 0. The second kappa shape index (κ2) is 9.96. The normalized spacial score (nSPS) is 18.0. The molecule has 0 spiro atoms. The number of dihydropyridines is 1. The first kappa shape index (κ1) is 24.5. The number of para-hydroxylation sites is 1. The highest BCUT2D eigenvalue weighted by Crippen LogP contribution is 2.44. The molecule has 2 N–H and O–H groups in total. The van der Waals surface area contributed by atoms with Gasteiger partial charge in [0, 0.05) is 23.3 Å². The number of nitrogens with one attached hydrogen (secondary N) is 2. The van der Waals surface area contributed by atoms with Crippen molar-refractivity contribution in [2.75, 3.05) is 11.1 Å². The molecule has 0 saturated carbocycles. The third-order valence-corrected chi connectivity index (χ3v) is 6.75. The molecule has 180 valence electrons. The summed E-state index contributed by atoms with van der Waals surface area (Å²) in [4.78, 5) is 25.3. The van der Waals surface area contributed by atoms with Crippen LogP contribution in [0.2, 0.25) is 0 Å². The quantitative estimate of drug-likeness (QED) is 0.518. The number of thioether (sulfide) groups is 1. The summed E-state index contributed by atoms with van der Waals surface area (Å²) in [6.07, 6.45) is -3.25. The zero-order valence-corrected chi connectivity index (χ0v) is 19.0. The van der Waals surface area contributed by atoms with Crippen LogP contribution >= 0.6 is 11.8 Å². The molecule has 0 unspecified atom stereocenters. The number of hydrogen-bond donors (Lipinski definition) is 2. The van der Waals surface area contributed by atoms with Gasteiger partial charge in [-0.3, -0.25) is 9.59 Å². The molecule has 5 nitrogen and oxygen atoms in total. The van der Waals surface area contributed by atoms with Crippen LogP contribution in [0.15, 0.2) is 70.4 Å². The van der Waals surface area contributed by atoms with Gasteiger partial charge in [0.1, 0.15) is 5.82 Å². The Kier molecular flexibility index (Phi) is 6.98. The van der Waals surface area contributed by atoms with Crippen LogP contribution < -0.4 is 10.6 Å². The molecule has 2 aliphatic rings. The Morgan fingerprint density at radius 3 is 2.57 bits per heavy atom. The van der Waals surface area contributed by atoms with Crippen molar-refractivity contribution in [3.05, 3.63) is 87.3 Å². The van der Waals surface area contributed by atoms with Crippen molar-refractivity contribution in [3.63, 3.8) is 0 Å². The summed E-state index contributed by atoms with van der Waals surface area (Å²) in [5, 5.41) is 15.5. The molecule has 35 heavy (non-hydrogen) atoms. The number of carbonyl (C=O) groups excluding carboxylic acids is 2. The Morgan fingerprint density at radius 2 is 1.86 bits per heavy atom. The van der Waals surface area contributed by atoms with Crippen molar-refractivity contribution in [1.82, 2.24) is 5.32 Å².